The number of thiol groups is 1. The third-order valence-corrected chi connectivity index (χ3v) is 5.10. The first-order valence-corrected chi connectivity index (χ1v) is 10.5. The Bertz CT molecular complexity index is 653. The molecular weight excluding hydrogens is 414 g/mol. The lowest BCUT2D eigenvalue weighted by Gasteiger charge is -2.26. The third kappa shape index (κ3) is 8.19. The van der Waals surface area contributed by atoms with Crippen molar-refractivity contribution in [1.82, 2.24) is 21.3 Å². The molecule has 0 aromatic carbocycles. The maximum absolute atomic E-state index is 12.6. The zero-order chi connectivity index (χ0) is 22.8. The number of carbonyl (C=O) groups is 5. The van der Waals surface area contributed by atoms with Crippen molar-refractivity contribution in [2.24, 2.45) is 11.7 Å². The molecule has 4 atom stereocenters. The van der Waals surface area contributed by atoms with Gasteiger partial charge in [0.15, 0.2) is 0 Å². The van der Waals surface area contributed by atoms with Gasteiger partial charge in [0.2, 0.25) is 23.6 Å². The highest BCUT2D eigenvalue weighted by atomic mass is 32.1. The molecule has 1 fully saturated rings. The molecule has 0 bridgehead atoms. The van der Waals surface area contributed by atoms with Gasteiger partial charge in [-0.05, 0) is 31.7 Å². The van der Waals surface area contributed by atoms with Gasteiger partial charge in [-0.15, -0.1) is 0 Å². The van der Waals surface area contributed by atoms with E-state index in [0.29, 0.717) is 6.42 Å². The van der Waals surface area contributed by atoms with Crippen molar-refractivity contribution in [2.45, 2.75) is 63.7 Å². The van der Waals surface area contributed by atoms with Crippen LogP contribution in [-0.2, 0) is 24.0 Å². The third-order valence-electron chi connectivity index (χ3n) is 4.73. The summed E-state index contributed by atoms with van der Waals surface area (Å²) < 4.78 is 0. The summed E-state index contributed by atoms with van der Waals surface area (Å²) in [4.78, 5) is 59.7. The van der Waals surface area contributed by atoms with E-state index in [2.05, 4.69) is 33.9 Å². The molecule has 1 saturated heterocycles. The standard InChI is InChI=1S/C18H31N5O6S/c1-9(2)14(17(27)21-11(18(28)29)5-6-13(19)24)23-16(26)12(8-30)22-15(25)10-4-3-7-20-10/h9-12,14,20,30H,3-8H2,1-2H3,(H2,19,24)(H,21,27)(H,22,25)(H,23,26)(H,28,29). The lowest BCUT2D eigenvalue weighted by Crippen LogP contribution is -2.58. The Morgan fingerprint density at radius 3 is 2.23 bits per heavy atom. The molecule has 11 nitrogen and oxygen atoms in total. The zero-order valence-electron chi connectivity index (χ0n) is 17.1. The van der Waals surface area contributed by atoms with Crippen LogP contribution >= 0.6 is 12.6 Å². The van der Waals surface area contributed by atoms with Crippen LogP contribution in [0.25, 0.3) is 0 Å². The number of rotatable bonds is 12. The van der Waals surface area contributed by atoms with Crippen LogP contribution < -0.4 is 27.0 Å². The van der Waals surface area contributed by atoms with Gasteiger partial charge in [-0.3, -0.25) is 19.2 Å². The second-order valence-corrected chi connectivity index (χ2v) is 7.89. The first-order valence-electron chi connectivity index (χ1n) is 9.83. The Labute approximate surface area is 180 Å². The summed E-state index contributed by atoms with van der Waals surface area (Å²) in [6, 6.07) is -3.69. The smallest absolute Gasteiger partial charge is 0.326 e. The Kier molecular flexibility index (Phi) is 10.6. The number of amides is 4. The Hall–Kier alpha value is -2.34. The molecule has 7 N–H and O–H groups in total. The van der Waals surface area contributed by atoms with E-state index in [1.807, 2.05) is 0 Å². The highest BCUT2D eigenvalue weighted by Gasteiger charge is 2.32. The highest BCUT2D eigenvalue weighted by molar-refractivity contribution is 7.80. The molecule has 0 aromatic heterocycles. The quantitative estimate of drug-likeness (QED) is 0.172. The fraction of sp³-hybridized carbons (Fsp3) is 0.722. The van der Waals surface area contributed by atoms with Crippen LogP contribution in [0, 0.1) is 5.92 Å². The average molecular weight is 446 g/mol. The summed E-state index contributed by atoms with van der Waals surface area (Å²) in [5, 5.41) is 19.8. The lowest BCUT2D eigenvalue weighted by molar-refractivity contribution is -0.143. The van der Waals surface area contributed by atoms with Crippen LogP contribution in [0.4, 0.5) is 0 Å². The van der Waals surface area contributed by atoms with Crippen molar-refractivity contribution >= 4 is 42.2 Å². The molecule has 0 saturated carbocycles. The molecule has 1 aliphatic heterocycles. The van der Waals surface area contributed by atoms with E-state index in [9.17, 15) is 29.1 Å². The van der Waals surface area contributed by atoms with E-state index in [1.165, 1.54) is 0 Å². The number of nitrogens with two attached hydrogens (primary N) is 1. The molecule has 0 spiro atoms. The Balaban J connectivity index is 2.75. The molecule has 1 aliphatic rings. The lowest BCUT2D eigenvalue weighted by atomic mass is 10.0. The largest absolute Gasteiger partial charge is 0.480 e. The second kappa shape index (κ2) is 12.4. The van der Waals surface area contributed by atoms with Crippen LogP contribution in [0.2, 0.25) is 0 Å². The van der Waals surface area contributed by atoms with E-state index in [1.54, 1.807) is 13.8 Å². The van der Waals surface area contributed by atoms with E-state index in [-0.39, 0.29) is 36.5 Å². The predicted molar refractivity (Wildman–Crippen MR) is 112 cm³/mol. The van der Waals surface area contributed by atoms with Gasteiger partial charge in [0.25, 0.3) is 0 Å². The summed E-state index contributed by atoms with van der Waals surface area (Å²) in [6.07, 6.45) is 1.16. The van der Waals surface area contributed by atoms with E-state index in [0.717, 1.165) is 13.0 Å². The molecule has 12 heteroatoms. The SMILES string of the molecule is CC(C)C(NC(=O)C(CS)NC(=O)C1CCCN1)C(=O)NC(CCC(N)=O)C(=O)O. The zero-order valence-corrected chi connectivity index (χ0v) is 18.0. The van der Waals surface area contributed by atoms with Crippen molar-refractivity contribution in [3.63, 3.8) is 0 Å². The number of hydrogen-bond acceptors (Lipinski definition) is 7. The molecule has 1 rings (SSSR count). The second-order valence-electron chi connectivity index (χ2n) is 7.53. The van der Waals surface area contributed by atoms with Crippen molar-refractivity contribution in [1.29, 1.82) is 0 Å². The fourth-order valence-corrected chi connectivity index (χ4v) is 3.23. The van der Waals surface area contributed by atoms with Crippen molar-refractivity contribution in [3.8, 4) is 0 Å². The topological polar surface area (TPSA) is 180 Å². The minimum absolute atomic E-state index is 0.0209. The maximum atomic E-state index is 12.6. The van der Waals surface area contributed by atoms with Crippen LogP contribution in [0.1, 0.15) is 39.5 Å². The molecule has 1 heterocycles. The summed E-state index contributed by atoms with van der Waals surface area (Å²) in [6.45, 7) is 4.09. The molecule has 4 amide bonds. The van der Waals surface area contributed by atoms with Gasteiger partial charge < -0.3 is 32.1 Å². The van der Waals surface area contributed by atoms with Crippen molar-refractivity contribution in [2.75, 3.05) is 12.3 Å². The van der Waals surface area contributed by atoms with Gasteiger partial charge >= 0.3 is 5.97 Å². The molecule has 0 radical (unpaired) electrons. The van der Waals surface area contributed by atoms with Crippen LogP contribution in [0.3, 0.4) is 0 Å². The highest BCUT2D eigenvalue weighted by Crippen LogP contribution is 2.08. The number of primary amides is 1. The van der Waals surface area contributed by atoms with Gasteiger partial charge in [-0.25, -0.2) is 4.79 Å². The number of carbonyl (C=O) groups excluding carboxylic acids is 4. The van der Waals surface area contributed by atoms with Crippen LogP contribution in [0.5, 0.6) is 0 Å². The minimum atomic E-state index is -1.32. The average Bonchev–Trinajstić information content (AvgIpc) is 3.21. The first-order chi connectivity index (χ1) is 14.1. The molecule has 4 unspecified atom stereocenters. The summed E-state index contributed by atoms with van der Waals surface area (Å²) in [5.41, 5.74) is 5.03. The van der Waals surface area contributed by atoms with Gasteiger partial charge in [0.05, 0.1) is 6.04 Å². The Morgan fingerprint density at radius 2 is 1.77 bits per heavy atom. The summed E-state index contributed by atoms with van der Waals surface area (Å²) in [5.74, 6) is -3.98. The Morgan fingerprint density at radius 1 is 1.10 bits per heavy atom. The monoisotopic (exact) mass is 445 g/mol. The summed E-state index contributed by atoms with van der Waals surface area (Å²) in [7, 11) is 0. The van der Waals surface area contributed by atoms with E-state index in [4.69, 9.17) is 5.73 Å². The van der Waals surface area contributed by atoms with Gasteiger partial charge in [0.1, 0.15) is 18.1 Å². The molecule has 0 aromatic rings. The number of hydrogen-bond donors (Lipinski definition) is 7. The van der Waals surface area contributed by atoms with E-state index < -0.39 is 41.8 Å². The first kappa shape index (κ1) is 25.7. The summed E-state index contributed by atoms with van der Waals surface area (Å²) >= 11 is 4.11. The van der Waals surface area contributed by atoms with Crippen molar-refractivity contribution in [3.05, 3.63) is 0 Å². The maximum Gasteiger partial charge on any atom is 0.326 e. The predicted octanol–water partition coefficient (Wildman–Crippen LogP) is -1.87. The minimum Gasteiger partial charge on any atom is -0.480 e. The van der Waals surface area contributed by atoms with Crippen molar-refractivity contribution < 1.29 is 29.1 Å². The molecule has 170 valence electrons. The number of carboxylic acids is 1. The molecular formula is C18H31N5O6S. The van der Waals surface area contributed by atoms with Gasteiger partial charge in [-0.2, -0.15) is 12.6 Å². The van der Waals surface area contributed by atoms with Crippen LogP contribution in [-0.4, -0.2) is 71.2 Å². The van der Waals surface area contributed by atoms with Crippen LogP contribution in [0.15, 0.2) is 0 Å². The normalized spacial score (nSPS) is 18.9. The van der Waals surface area contributed by atoms with Gasteiger partial charge in [-0.1, -0.05) is 13.8 Å². The number of aliphatic carboxylic acids is 1. The van der Waals surface area contributed by atoms with Gasteiger partial charge in [0, 0.05) is 12.2 Å². The fourth-order valence-electron chi connectivity index (χ4n) is 2.97. The number of nitrogens with one attached hydrogen (secondary N) is 4. The molecule has 0 aliphatic carbocycles. The molecule has 30 heavy (non-hydrogen) atoms. The van der Waals surface area contributed by atoms with E-state index >= 15 is 0 Å². The number of carboxylic acid groups (broad SMARTS) is 1.